The first-order valence-corrected chi connectivity index (χ1v) is 10.1. The number of hydrogen-bond acceptors (Lipinski definition) is 5. The number of para-hydroxylation sites is 1. The summed E-state index contributed by atoms with van der Waals surface area (Å²) in [6.07, 6.45) is 4.41. The predicted octanol–water partition coefficient (Wildman–Crippen LogP) is 3.12. The van der Waals surface area contributed by atoms with Crippen LogP contribution in [0.25, 0.3) is 11.8 Å². The van der Waals surface area contributed by atoms with Crippen LogP contribution in [0.15, 0.2) is 65.8 Å². The molecule has 0 aliphatic rings. The van der Waals surface area contributed by atoms with Gasteiger partial charge in [0, 0.05) is 6.08 Å². The number of ether oxygens (including phenoxy) is 1. The third kappa shape index (κ3) is 6.05. The number of nitrogens with zero attached hydrogens (tertiary/aromatic N) is 3. The van der Waals surface area contributed by atoms with Crippen LogP contribution >= 0.6 is 11.6 Å². The molecule has 2 aromatic carbocycles. The van der Waals surface area contributed by atoms with Gasteiger partial charge in [-0.05, 0) is 42.8 Å². The van der Waals surface area contributed by atoms with Crippen LogP contribution in [0, 0.1) is 6.92 Å². The van der Waals surface area contributed by atoms with Crippen LogP contribution < -0.4 is 15.5 Å². The van der Waals surface area contributed by atoms with E-state index in [4.69, 9.17) is 16.3 Å². The monoisotopic (exact) mass is 451 g/mol. The van der Waals surface area contributed by atoms with E-state index in [0.29, 0.717) is 16.4 Å². The van der Waals surface area contributed by atoms with Crippen LogP contribution in [0.1, 0.15) is 16.8 Å². The normalized spacial score (nSPS) is 11.1. The fourth-order valence-electron chi connectivity index (χ4n) is 2.72. The lowest BCUT2D eigenvalue weighted by Crippen LogP contribution is -2.34. The van der Waals surface area contributed by atoms with Crippen molar-refractivity contribution < 1.29 is 14.3 Å². The topological polar surface area (TPSA) is 97.6 Å². The Hall–Kier alpha value is -3.91. The molecular formula is C23H22ClN5O3. The summed E-state index contributed by atoms with van der Waals surface area (Å²) >= 11 is 6.41. The number of hydrogen-bond donors (Lipinski definition) is 2. The highest BCUT2D eigenvalue weighted by atomic mass is 35.5. The highest BCUT2D eigenvalue weighted by molar-refractivity contribution is 6.32. The first-order chi connectivity index (χ1) is 15.5. The number of hydrazone groups is 1. The zero-order valence-electron chi connectivity index (χ0n) is 17.6. The molecule has 3 rings (SSSR count). The van der Waals surface area contributed by atoms with Gasteiger partial charge >= 0.3 is 0 Å². The quantitative estimate of drug-likeness (QED) is 0.312. The van der Waals surface area contributed by atoms with Gasteiger partial charge in [0.25, 0.3) is 5.91 Å². The van der Waals surface area contributed by atoms with Gasteiger partial charge in [-0.15, -0.1) is 0 Å². The molecule has 2 amide bonds. The summed E-state index contributed by atoms with van der Waals surface area (Å²) in [5, 5.41) is 11.2. The fraction of sp³-hybridized carbons (Fsp3) is 0.130. The molecule has 0 bridgehead atoms. The minimum atomic E-state index is -0.475. The van der Waals surface area contributed by atoms with Crippen LogP contribution in [-0.4, -0.2) is 41.5 Å². The Labute approximate surface area is 190 Å². The largest absolute Gasteiger partial charge is 0.497 e. The molecule has 3 aromatic rings. The Balaban J connectivity index is 1.50. The molecule has 0 aliphatic carbocycles. The molecule has 0 saturated carbocycles. The molecule has 1 aromatic heterocycles. The molecule has 0 saturated heterocycles. The maximum absolute atomic E-state index is 11.9. The van der Waals surface area contributed by atoms with Gasteiger partial charge in [0.1, 0.15) is 10.9 Å². The number of aryl methyl sites for hydroxylation is 1. The average molecular weight is 452 g/mol. The van der Waals surface area contributed by atoms with Gasteiger partial charge < -0.3 is 10.1 Å². The molecule has 0 spiro atoms. The smallest absolute Gasteiger partial charge is 0.259 e. The van der Waals surface area contributed by atoms with Gasteiger partial charge in [0.2, 0.25) is 5.91 Å². The molecule has 9 heteroatoms. The van der Waals surface area contributed by atoms with Crippen molar-refractivity contribution in [2.45, 2.75) is 6.92 Å². The van der Waals surface area contributed by atoms with E-state index in [2.05, 4.69) is 20.9 Å². The van der Waals surface area contributed by atoms with E-state index >= 15 is 0 Å². The third-order valence-electron chi connectivity index (χ3n) is 4.40. The van der Waals surface area contributed by atoms with E-state index in [1.807, 2.05) is 42.5 Å². The van der Waals surface area contributed by atoms with Gasteiger partial charge in [0.05, 0.1) is 36.8 Å². The second-order valence-corrected chi connectivity index (χ2v) is 7.01. The van der Waals surface area contributed by atoms with Crippen LogP contribution in [-0.2, 0) is 9.59 Å². The van der Waals surface area contributed by atoms with Crippen molar-refractivity contribution >= 4 is 35.7 Å². The van der Waals surface area contributed by atoms with Crippen LogP contribution in [0.2, 0.25) is 5.15 Å². The van der Waals surface area contributed by atoms with Gasteiger partial charge in [-0.2, -0.15) is 10.2 Å². The number of methoxy groups -OCH3 is 1. The standard InChI is InChI=1S/C23H22ClN5O3/c1-16-20(23(24)29(28-16)18-6-4-3-5-7-18)14-26-27-22(31)15-25-21(30)13-10-17-8-11-19(32-2)12-9-17/h3-14H,15H2,1-2H3,(H,25,30)(H,27,31)/b13-10+,26-14-. The molecule has 0 aliphatic heterocycles. The first-order valence-electron chi connectivity index (χ1n) is 9.70. The summed E-state index contributed by atoms with van der Waals surface area (Å²) in [4.78, 5) is 23.8. The van der Waals surface area contributed by atoms with Crippen LogP contribution in [0.4, 0.5) is 0 Å². The zero-order chi connectivity index (χ0) is 22.9. The lowest BCUT2D eigenvalue weighted by atomic mass is 10.2. The highest BCUT2D eigenvalue weighted by Gasteiger charge is 2.13. The number of benzene rings is 2. The summed E-state index contributed by atoms with van der Waals surface area (Å²) in [6, 6.07) is 16.7. The maximum atomic E-state index is 11.9. The molecule has 0 radical (unpaired) electrons. The van der Waals surface area contributed by atoms with Crippen molar-refractivity contribution in [1.82, 2.24) is 20.5 Å². The van der Waals surface area contributed by atoms with E-state index in [1.165, 1.54) is 12.3 Å². The van der Waals surface area contributed by atoms with E-state index in [9.17, 15) is 9.59 Å². The van der Waals surface area contributed by atoms with Crippen molar-refractivity contribution in [3.63, 3.8) is 0 Å². The number of aromatic nitrogens is 2. The van der Waals surface area contributed by atoms with E-state index in [-0.39, 0.29) is 6.54 Å². The van der Waals surface area contributed by atoms with Crippen molar-refractivity contribution in [3.8, 4) is 11.4 Å². The minimum Gasteiger partial charge on any atom is -0.497 e. The number of amides is 2. The Morgan fingerprint density at radius 1 is 1.16 bits per heavy atom. The zero-order valence-corrected chi connectivity index (χ0v) is 18.3. The number of nitrogens with one attached hydrogen (secondary N) is 2. The molecule has 0 unspecified atom stereocenters. The minimum absolute atomic E-state index is 0.223. The Morgan fingerprint density at radius 2 is 1.88 bits per heavy atom. The molecule has 1 heterocycles. The maximum Gasteiger partial charge on any atom is 0.259 e. The number of carbonyl (C=O) groups is 2. The summed E-state index contributed by atoms with van der Waals surface area (Å²) in [5.41, 5.74) is 5.25. The van der Waals surface area contributed by atoms with Gasteiger partial charge in [-0.25, -0.2) is 10.1 Å². The lowest BCUT2D eigenvalue weighted by Gasteiger charge is -2.02. The Morgan fingerprint density at radius 3 is 2.56 bits per heavy atom. The van der Waals surface area contributed by atoms with Crippen molar-refractivity contribution in [3.05, 3.63) is 82.6 Å². The SMILES string of the molecule is COc1ccc(/C=C/C(=O)NCC(=O)N/N=C\c2c(C)nn(-c3ccccc3)c2Cl)cc1. The number of halogens is 1. The molecule has 0 atom stereocenters. The average Bonchev–Trinajstić information content (AvgIpc) is 3.10. The number of carbonyl (C=O) groups excluding carboxylic acids is 2. The Bertz CT molecular complexity index is 1140. The highest BCUT2D eigenvalue weighted by Crippen LogP contribution is 2.21. The van der Waals surface area contributed by atoms with Gasteiger partial charge in [0.15, 0.2) is 0 Å². The van der Waals surface area contributed by atoms with Crippen LogP contribution in [0.5, 0.6) is 5.75 Å². The second kappa shape index (κ2) is 10.9. The predicted molar refractivity (Wildman–Crippen MR) is 124 cm³/mol. The summed E-state index contributed by atoms with van der Waals surface area (Å²) in [7, 11) is 1.58. The molecule has 0 fully saturated rings. The van der Waals surface area contributed by atoms with Crippen molar-refractivity contribution in [2.24, 2.45) is 5.10 Å². The van der Waals surface area contributed by atoms with Crippen molar-refractivity contribution in [1.29, 1.82) is 0 Å². The van der Waals surface area contributed by atoms with Gasteiger partial charge in [-0.3, -0.25) is 9.59 Å². The van der Waals surface area contributed by atoms with E-state index in [1.54, 1.807) is 36.9 Å². The fourth-order valence-corrected chi connectivity index (χ4v) is 3.04. The lowest BCUT2D eigenvalue weighted by molar-refractivity contribution is -0.123. The Kier molecular flexibility index (Phi) is 7.77. The number of rotatable bonds is 8. The molecule has 164 valence electrons. The molecule has 2 N–H and O–H groups in total. The first kappa shape index (κ1) is 22.8. The summed E-state index contributed by atoms with van der Waals surface area (Å²) in [5.74, 6) is -0.146. The van der Waals surface area contributed by atoms with Gasteiger partial charge in [-0.1, -0.05) is 41.9 Å². The van der Waals surface area contributed by atoms with E-state index in [0.717, 1.165) is 17.0 Å². The summed E-state index contributed by atoms with van der Waals surface area (Å²) < 4.78 is 6.68. The van der Waals surface area contributed by atoms with E-state index < -0.39 is 11.8 Å². The molecule has 8 nitrogen and oxygen atoms in total. The van der Waals surface area contributed by atoms with Crippen LogP contribution in [0.3, 0.4) is 0 Å². The third-order valence-corrected chi connectivity index (χ3v) is 4.76. The summed E-state index contributed by atoms with van der Waals surface area (Å²) in [6.45, 7) is 1.57. The molecule has 32 heavy (non-hydrogen) atoms. The second-order valence-electron chi connectivity index (χ2n) is 6.65. The van der Waals surface area contributed by atoms with Crippen molar-refractivity contribution in [2.75, 3.05) is 13.7 Å². The molecular weight excluding hydrogens is 430 g/mol.